The number of hydrogen-bond acceptors (Lipinski definition) is 7. The second-order valence-corrected chi connectivity index (χ2v) is 10.2. The molecule has 1 aromatic rings. The van der Waals surface area contributed by atoms with E-state index < -0.39 is 34.3 Å². The lowest BCUT2D eigenvalue weighted by Gasteiger charge is -2.38. The van der Waals surface area contributed by atoms with Gasteiger partial charge in [0.2, 0.25) is 10.0 Å². The molecule has 0 saturated carbocycles. The lowest BCUT2D eigenvalue weighted by atomic mass is 9.90. The number of carbonyl (C=O) groups is 2. The summed E-state index contributed by atoms with van der Waals surface area (Å²) in [4.78, 5) is 24.3. The minimum atomic E-state index is -5.08. The highest BCUT2D eigenvalue weighted by Gasteiger charge is 2.43. The second kappa shape index (κ2) is 13.3. The number of nitrogens with one attached hydrogen (secondary N) is 1. The van der Waals surface area contributed by atoms with Gasteiger partial charge in [0, 0.05) is 38.6 Å². The molecule has 0 radical (unpaired) electrons. The Labute approximate surface area is 208 Å². The van der Waals surface area contributed by atoms with Crippen LogP contribution in [0.25, 0.3) is 0 Å². The van der Waals surface area contributed by atoms with E-state index in [2.05, 4.69) is 14.6 Å². The average Bonchev–Trinajstić information content (AvgIpc) is 3.13. The highest BCUT2D eigenvalue weighted by Crippen LogP contribution is 2.37. The molecule has 3 rings (SSSR count). The van der Waals surface area contributed by atoms with Crippen molar-refractivity contribution in [3.8, 4) is 0 Å². The van der Waals surface area contributed by atoms with Crippen molar-refractivity contribution in [2.75, 3.05) is 25.9 Å². The van der Waals surface area contributed by atoms with Crippen molar-refractivity contribution >= 4 is 22.0 Å². The normalized spacial score (nSPS) is 22.4. The first-order chi connectivity index (χ1) is 16.8. The highest BCUT2D eigenvalue weighted by atomic mass is 32.2. The Morgan fingerprint density at radius 3 is 2.08 bits per heavy atom. The van der Waals surface area contributed by atoms with Gasteiger partial charge in [0.05, 0.1) is 18.0 Å². The van der Waals surface area contributed by atoms with Crippen LogP contribution in [0.3, 0.4) is 0 Å². The maximum atomic E-state index is 11.3. The Bertz CT molecular complexity index is 968. The highest BCUT2D eigenvalue weighted by molar-refractivity contribution is 7.88. The molecule has 2 atom stereocenters. The van der Waals surface area contributed by atoms with Gasteiger partial charge in [-0.3, -0.25) is 9.88 Å². The van der Waals surface area contributed by atoms with Crippen molar-refractivity contribution in [2.45, 2.75) is 56.3 Å². The summed E-state index contributed by atoms with van der Waals surface area (Å²) in [5.41, 5.74) is 1.16. The molecule has 2 saturated heterocycles. The molecule has 0 bridgehead atoms. The third-order valence-corrected chi connectivity index (χ3v) is 5.88. The summed E-state index contributed by atoms with van der Waals surface area (Å²) >= 11 is 0. The number of sulfonamides is 1. The number of carboxylic acid groups (broad SMARTS) is 2. The quantitative estimate of drug-likeness (QED) is 0.457. The fourth-order valence-corrected chi connectivity index (χ4v) is 4.11. The van der Waals surface area contributed by atoms with Crippen molar-refractivity contribution in [2.24, 2.45) is 0 Å². The first-order valence-corrected chi connectivity index (χ1v) is 12.6. The summed E-state index contributed by atoms with van der Waals surface area (Å²) in [6, 6.07) is 4.09. The number of hydrogen-bond donors (Lipinski definition) is 3. The lowest BCUT2D eigenvalue weighted by Crippen LogP contribution is -2.46. The summed E-state index contributed by atoms with van der Waals surface area (Å²) in [7, 11) is -3.16. The van der Waals surface area contributed by atoms with Crippen LogP contribution in [-0.4, -0.2) is 90.4 Å². The SMILES string of the molecule is CS(=O)(=O)NC[C@@H]1CCC[C@]2(CCN(Cc3ccncc3)C2)O1.O=C(O)C(F)(F)F.O=C(O)C(F)(F)F. The van der Waals surface area contributed by atoms with Gasteiger partial charge in [0.25, 0.3) is 0 Å². The lowest BCUT2D eigenvalue weighted by molar-refractivity contribution is -0.193. The van der Waals surface area contributed by atoms with E-state index in [1.807, 2.05) is 24.5 Å². The van der Waals surface area contributed by atoms with Gasteiger partial charge in [-0.05, 0) is 43.4 Å². The molecule has 0 aliphatic carbocycles. The van der Waals surface area contributed by atoms with Crippen molar-refractivity contribution in [1.82, 2.24) is 14.6 Å². The van der Waals surface area contributed by atoms with Gasteiger partial charge in [-0.15, -0.1) is 0 Å². The number of aromatic nitrogens is 1. The number of pyridine rings is 1. The summed E-state index contributed by atoms with van der Waals surface area (Å²) in [5.74, 6) is -5.51. The van der Waals surface area contributed by atoms with Crippen LogP contribution >= 0.6 is 0 Å². The van der Waals surface area contributed by atoms with E-state index in [0.29, 0.717) is 6.54 Å². The van der Waals surface area contributed by atoms with Gasteiger partial charge < -0.3 is 14.9 Å². The smallest absolute Gasteiger partial charge is 0.475 e. The molecular formula is C20H27F6N3O7S. The first kappa shape index (κ1) is 32.5. The third-order valence-electron chi connectivity index (χ3n) is 5.18. The number of carboxylic acids is 2. The largest absolute Gasteiger partial charge is 0.490 e. The van der Waals surface area contributed by atoms with Crippen LogP contribution < -0.4 is 4.72 Å². The van der Waals surface area contributed by atoms with Crippen LogP contribution in [-0.2, 0) is 30.9 Å². The Balaban J connectivity index is 0.000000404. The number of halogens is 6. The van der Waals surface area contributed by atoms with Gasteiger partial charge in [0.15, 0.2) is 0 Å². The number of nitrogens with zero attached hydrogens (tertiary/aromatic N) is 2. The van der Waals surface area contributed by atoms with Crippen LogP contribution in [0.15, 0.2) is 24.5 Å². The van der Waals surface area contributed by atoms with E-state index in [4.69, 9.17) is 24.5 Å². The predicted molar refractivity (Wildman–Crippen MR) is 116 cm³/mol. The molecule has 37 heavy (non-hydrogen) atoms. The standard InChI is InChI=1S/C16H25N3O3S.2C2HF3O2/c1-23(20,21)18-11-15-3-2-6-16(22-15)7-10-19(13-16)12-14-4-8-17-9-5-14;2*3-2(4,5)1(6)7/h4-5,8-9,15,18H,2-3,6-7,10-13H2,1H3;2*(H,6,7)/t15-,16+;;/m0../s1. The van der Waals surface area contributed by atoms with E-state index >= 15 is 0 Å². The molecule has 1 aromatic heterocycles. The van der Waals surface area contributed by atoms with Crippen molar-refractivity contribution in [3.05, 3.63) is 30.1 Å². The molecule has 0 aromatic carbocycles. The summed E-state index contributed by atoms with van der Waals surface area (Å²) in [6.45, 7) is 3.24. The second-order valence-electron chi connectivity index (χ2n) is 8.36. The third kappa shape index (κ3) is 13.0. The summed E-state index contributed by atoms with van der Waals surface area (Å²) in [6.07, 6.45) is -1.23. The molecule has 17 heteroatoms. The van der Waals surface area contributed by atoms with Gasteiger partial charge in [-0.2, -0.15) is 26.3 Å². The molecule has 212 valence electrons. The van der Waals surface area contributed by atoms with Crippen molar-refractivity contribution in [1.29, 1.82) is 0 Å². The molecule has 3 N–H and O–H groups in total. The van der Waals surface area contributed by atoms with Gasteiger partial charge in [-0.1, -0.05) is 0 Å². The summed E-state index contributed by atoms with van der Waals surface area (Å²) in [5, 5.41) is 14.2. The van der Waals surface area contributed by atoms with Crippen LogP contribution in [0.1, 0.15) is 31.2 Å². The minimum absolute atomic E-state index is 0.0145. The molecule has 2 fully saturated rings. The number of ether oxygens (including phenoxy) is 1. The van der Waals surface area contributed by atoms with Crippen molar-refractivity contribution in [3.63, 3.8) is 0 Å². The predicted octanol–water partition coefficient (Wildman–Crippen LogP) is 2.41. The van der Waals surface area contributed by atoms with Crippen molar-refractivity contribution < 1.29 is 59.3 Å². The van der Waals surface area contributed by atoms with E-state index in [0.717, 1.165) is 45.3 Å². The number of alkyl halides is 6. The maximum absolute atomic E-state index is 11.3. The Morgan fingerprint density at radius 2 is 1.62 bits per heavy atom. The van der Waals surface area contributed by atoms with E-state index in [1.165, 1.54) is 11.8 Å². The first-order valence-electron chi connectivity index (χ1n) is 10.7. The molecule has 10 nitrogen and oxygen atoms in total. The fourth-order valence-electron chi connectivity index (χ4n) is 3.62. The maximum Gasteiger partial charge on any atom is 0.490 e. The average molecular weight is 568 g/mol. The zero-order valence-corrected chi connectivity index (χ0v) is 20.4. The van der Waals surface area contributed by atoms with Gasteiger partial charge >= 0.3 is 24.3 Å². The van der Waals surface area contributed by atoms with Crippen LogP contribution in [0.4, 0.5) is 26.3 Å². The molecule has 1 spiro atoms. The zero-order valence-electron chi connectivity index (χ0n) is 19.5. The minimum Gasteiger partial charge on any atom is -0.475 e. The Hall–Kier alpha value is -2.50. The molecule has 2 aliphatic rings. The van der Waals surface area contributed by atoms with E-state index in [1.54, 1.807) is 0 Å². The number of aliphatic carboxylic acids is 2. The van der Waals surface area contributed by atoms with E-state index in [9.17, 15) is 34.8 Å². The molecule has 2 aliphatic heterocycles. The van der Waals surface area contributed by atoms with Crippen LogP contribution in [0.5, 0.6) is 0 Å². The number of likely N-dealkylation sites (tertiary alicyclic amines) is 1. The fraction of sp³-hybridized carbons (Fsp3) is 0.650. The molecular weight excluding hydrogens is 540 g/mol. The van der Waals surface area contributed by atoms with Crippen LogP contribution in [0.2, 0.25) is 0 Å². The zero-order chi connectivity index (χ0) is 28.5. The van der Waals surface area contributed by atoms with Crippen LogP contribution in [0, 0.1) is 0 Å². The monoisotopic (exact) mass is 567 g/mol. The molecule has 0 amide bonds. The number of rotatable bonds is 5. The van der Waals surface area contributed by atoms with Gasteiger partial charge in [0.1, 0.15) is 0 Å². The molecule has 0 unspecified atom stereocenters. The van der Waals surface area contributed by atoms with Gasteiger partial charge in [-0.25, -0.2) is 22.7 Å². The topological polar surface area (TPSA) is 146 Å². The van der Waals surface area contributed by atoms with E-state index in [-0.39, 0.29) is 11.7 Å². The summed E-state index contributed by atoms with van der Waals surface area (Å²) < 4.78 is 94.9. The Morgan fingerprint density at radius 1 is 1.11 bits per heavy atom. The molecule has 3 heterocycles. The Kier molecular flexibility index (Phi) is 11.7.